The minimum atomic E-state index is 0.941. The van der Waals surface area contributed by atoms with Gasteiger partial charge in [-0.1, -0.05) is 41.6 Å². The fourth-order valence-corrected chi connectivity index (χ4v) is 1.12. The Morgan fingerprint density at radius 1 is 1.14 bits per heavy atom. The molecule has 43 valence electrons. The van der Waals surface area contributed by atoms with Crippen molar-refractivity contribution in [2.75, 3.05) is 10.2 Å². The van der Waals surface area contributed by atoms with Crippen molar-refractivity contribution < 1.29 is 0 Å². The Kier molecular flexibility index (Phi) is 8.17. The first-order valence-electron chi connectivity index (χ1n) is 2.56. The van der Waals surface area contributed by atoms with E-state index in [1.165, 1.54) is 23.7 Å². The van der Waals surface area contributed by atoms with Gasteiger partial charge < -0.3 is 0 Å². The molecule has 0 spiro atoms. The summed E-state index contributed by atoms with van der Waals surface area (Å²) in [4.78, 5) is 0. The van der Waals surface area contributed by atoms with Crippen LogP contribution in [0.5, 0.6) is 0 Å². The molecule has 0 aliphatic heterocycles. The van der Waals surface area contributed by atoms with Crippen molar-refractivity contribution in [2.45, 2.75) is 19.3 Å². The zero-order chi connectivity index (χ0) is 5.54. The largest absolute Gasteiger partial charge is 0.0942 e. The first-order chi connectivity index (χ1) is 3.41. The molecule has 0 aromatic carbocycles. The fraction of sp³-hybridized carbons (Fsp3) is 1.00. The molecular formula is C5H10IS. The molecule has 7 heavy (non-hydrogen) atoms. The average molecular weight is 229 g/mol. The van der Waals surface area contributed by atoms with Crippen molar-refractivity contribution in [3.8, 4) is 0 Å². The molecule has 0 aliphatic rings. The Bertz CT molecular complexity index is 27.3. The molecule has 0 amide bonds. The molecule has 0 fully saturated rings. The van der Waals surface area contributed by atoms with Crippen LogP contribution in [-0.4, -0.2) is 10.2 Å². The SMILES string of the molecule is [S]CCCCCI. The van der Waals surface area contributed by atoms with Crippen LogP contribution in [-0.2, 0) is 0 Å². The van der Waals surface area contributed by atoms with E-state index in [2.05, 4.69) is 22.6 Å². The normalized spacial score (nSPS) is 9.43. The lowest BCUT2D eigenvalue weighted by Crippen LogP contribution is -1.76. The minimum Gasteiger partial charge on any atom is -0.0942 e. The number of unbranched alkanes of at least 4 members (excludes halogenated alkanes) is 2. The maximum Gasteiger partial charge on any atom is 0.00369 e. The second-order valence-corrected chi connectivity index (χ2v) is 2.94. The van der Waals surface area contributed by atoms with Gasteiger partial charge in [-0.3, -0.25) is 0 Å². The maximum absolute atomic E-state index is 4.76. The molecule has 2 heteroatoms. The van der Waals surface area contributed by atoms with Crippen LogP contribution >= 0.6 is 35.2 Å². The van der Waals surface area contributed by atoms with Crippen LogP contribution in [0.4, 0.5) is 0 Å². The first kappa shape index (κ1) is 8.08. The molecule has 0 aliphatic carbocycles. The van der Waals surface area contributed by atoms with Crippen LogP contribution in [0, 0.1) is 0 Å². The van der Waals surface area contributed by atoms with Gasteiger partial charge in [0.1, 0.15) is 0 Å². The third kappa shape index (κ3) is 7.08. The van der Waals surface area contributed by atoms with Gasteiger partial charge >= 0.3 is 0 Å². The third-order valence-electron chi connectivity index (χ3n) is 0.778. The van der Waals surface area contributed by atoms with Crippen LogP contribution in [0.15, 0.2) is 0 Å². The lowest BCUT2D eigenvalue weighted by atomic mass is 10.3. The fourth-order valence-electron chi connectivity index (χ4n) is 0.373. The van der Waals surface area contributed by atoms with Gasteiger partial charge in [0.25, 0.3) is 0 Å². The molecule has 0 aromatic heterocycles. The van der Waals surface area contributed by atoms with Gasteiger partial charge in [0.15, 0.2) is 0 Å². The number of rotatable bonds is 4. The highest BCUT2D eigenvalue weighted by Gasteiger charge is 1.81. The highest BCUT2D eigenvalue weighted by molar-refractivity contribution is 14.1. The van der Waals surface area contributed by atoms with E-state index in [1.807, 2.05) is 0 Å². The molecule has 0 aromatic rings. The summed E-state index contributed by atoms with van der Waals surface area (Å²) >= 11 is 7.16. The van der Waals surface area contributed by atoms with Crippen LogP contribution in [0.25, 0.3) is 0 Å². The van der Waals surface area contributed by atoms with Crippen LogP contribution in [0.2, 0.25) is 0 Å². The van der Waals surface area contributed by atoms with E-state index < -0.39 is 0 Å². The number of alkyl halides is 1. The monoisotopic (exact) mass is 229 g/mol. The minimum absolute atomic E-state index is 0.941. The van der Waals surface area contributed by atoms with Crippen LogP contribution in [0.1, 0.15) is 19.3 Å². The second-order valence-electron chi connectivity index (χ2n) is 1.45. The van der Waals surface area contributed by atoms with E-state index in [0.717, 1.165) is 5.75 Å². The Balaban J connectivity index is 2.45. The lowest BCUT2D eigenvalue weighted by Gasteiger charge is -1.88. The van der Waals surface area contributed by atoms with Crippen molar-refractivity contribution >= 4 is 35.2 Å². The molecule has 0 unspecified atom stereocenters. The number of hydrogen-bond donors (Lipinski definition) is 0. The Morgan fingerprint density at radius 2 is 1.86 bits per heavy atom. The van der Waals surface area contributed by atoms with E-state index in [9.17, 15) is 0 Å². The molecular weight excluding hydrogens is 219 g/mol. The predicted octanol–water partition coefficient (Wildman–Crippen LogP) is 2.79. The quantitative estimate of drug-likeness (QED) is 0.395. The highest BCUT2D eigenvalue weighted by atomic mass is 127. The summed E-state index contributed by atoms with van der Waals surface area (Å²) in [6, 6.07) is 0. The molecule has 0 saturated carbocycles. The Morgan fingerprint density at radius 3 is 2.29 bits per heavy atom. The summed E-state index contributed by atoms with van der Waals surface area (Å²) in [7, 11) is 0. The van der Waals surface area contributed by atoms with E-state index >= 15 is 0 Å². The molecule has 0 atom stereocenters. The van der Waals surface area contributed by atoms with Crippen molar-refractivity contribution in [3.63, 3.8) is 0 Å². The maximum atomic E-state index is 4.76. The van der Waals surface area contributed by atoms with Crippen molar-refractivity contribution in [3.05, 3.63) is 0 Å². The first-order valence-corrected chi connectivity index (χ1v) is 4.66. The van der Waals surface area contributed by atoms with Gasteiger partial charge in [-0.05, 0) is 17.3 Å². The van der Waals surface area contributed by atoms with E-state index in [-0.39, 0.29) is 0 Å². The third-order valence-corrected chi connectivity index (χ3v) is 1.83. The van der Waals surface area contributed by atoms with Gasteiger partial charge in [-0.2, -0.15) is 0 Å². The van der Waals surface area contributed by atoms with Gasteiger partial charge in [-0.15, -0.1) is 0 Å². The van der Waals surface area contributed by atoms with Crippen LogP contribution in [0.3, 0.4) is 0 Å². The molecule has 0 nitrogen and oxygen atoms in total. The summed E-state index contributed by atoms with van der Waals surface area (Å²) in [6.07, 6.45) is 3.90. The van der Waals surface area contributed by atoms with Gasteiger partial charge in [-0.25, -0.2) is 0 Å². The molecule has 1 radical (unpaired) electrons. The van der Waals surface area contributed by atoms with Crippen molar-refractivity contribution in [2.24, 2.45) is 0 Å². The van der Waals surface area contributed by atoms with E-state index in [0.29, 0.717) is 0 Å². The van der Waals surface area contributed by atoms with Gasteiger partial charge in [0, 0.05) is 5.75 Å². The predicted molar refractivity (Wildman–Crippen MR) is 45.2 cm³/mol. The molecule has 0 heterocycles. The Hall–Kier alpha value is 1.08. The van der Waals surface area contributed by atoms with E-state index in [1.54, 1.807) is 0 Å². The highest BCUT2D eigenvalue weighted by Crippen LogP contribution is 1.98. The van der Waals surface area contributed by atoms with Crippen LogP contribution < -0.4 is 0 Å². The Labute approximate surface area is 64.6 Å². The standard InChI is InChI=1S/C5H10IS/c6-4-2-1-3-5-7/h1-5H2. The molecule has 0 bridgehead atoms. The summed E-state index contributed by atoms with van der Waals surface area (Å²) in [5.41, 5.74) is 0. The molecule has 0 N–H and O–H groups in total. The van der Waals surface area contributed by atoms with Gasteiger partial charge in [0.05, 0.1) is 0 Å². The summed E-state index contributed by atoms with van der Waals surface area (Å²) < 4.78 is 1.28. The lowest BCUT2D eigenvalue weighted by molar-refractivity contribution is 0.793. The molecule has 0 saturated heterocycles. The second kappa shape index (κ2) is 7.08. The summed E-state index contributed by atoms with van der Waals surface area (Å²) in [5.74, 6) is 0.941. The number of halogens is 1. The zero-order valence-corrected chi connectivity index (χ0v) is 7.30. The topological polar surface area (TPSA) is 0 Å². The van der Waals surface area contributed by atoms with Crippen molar-refractivity contribution in [1.82, 2.24) is 0 Å². The van der Waals surface area contributed by atoms with E-state index in [4.69, 9.17) is 12.6 Å². The summed E-state index contributed by atoms with van der Waals surface area (Å²) in [6.45, 7) is 0. The summed E-state index contributed by atoms with van der Waals surface area (Å²) in [5, 5.41) is 0. The molecule has 0 rings (SSSR count). The van der Waals surface area contributed by atoms with Crippen molar-refractivity contribution in [1.29, 1.82) is 0 Å². The zero-order valence-electron chi connectivity index (χ0n) is 4.32. The smallest absolute Gasteiger partial charge is 0.00369 e. The number of hydrogen-bond acceptors (Lipinski definition) is 0. The average Bonchev–Trinajstić information content (AvgIpc) is 1.69. The van der Waals surface area contributed by atoms with Gasteiger partial charge in [0.2, 0.25) is 0 Å².